The van der Waals surface area contributed by atoms with Gasteiger partial charge in [-0.1, -0.05) is 0 Å². The van der Waals surface area contributed by atoms with E-state index in [1.807, 2.05) is 13.0 Å². The Morgan fingerprint density at radius 2 is 2.45 bits per heavy atom. The van der Waals surface area contributed by atoms with Gasteiger partial charge in [0.15, 0.2) is 0 Å². The summed E-state index contributed by atoms with van der Waals surface area (Å²) in [5.41, 5.74) is 1.93. The maximum absolute atomic E-state index is 10.1. The number of aromatic nitrogens is 1. The third-order valence-corrected chi connectivity index (χ3v) is 2.23. The molecule has 1 aromatic heterocycles. The van der Waals surface area contributed by atoms with Crippen molar-refractivity contribution >= 4 is 22.2 Å². The lowest BCUT2D eigenvalue weighted by Crippen LogP contribution is -1.91. The molecule has 0 fully saturated rings. The second-order valence-corrected chi connectivity index (χ2v) is 3.15. The Balaban J connectivity index is 2.95. The molecular formula is C8H8BrNO. The van der Waals surface area contributed by atoms with E-state index in [0.717, 1.165) is 22.0 Å². The first kappa shape index (κ1) is 8.40. The minimum Gasteiger partial charge on any atom is -0.303 e. The third kappa shape index (κ3) is 2.12. The SMILES string of the molecule is Cc1cc(CC=O)ncc1Br. The molecule has 0 aromatic carbocycles. The normalized spacial score (nSPS) is 9.64. The van der Waals surface area contributed by atoms with Crippen molar-refractivity contribution in [3.63, 3.8) is 0 Å². The van der Waals surface area contributed by atoms with Gasteiger partial charge in [-0.25, -0.2) is 0 Å². The molecule has 0 aliphatic rings. The molecule has 1 rings (SSSR count). The summed E-state index contributed by atoms with van der Waals surface area (Å²) in [7, 11) is 0. The molecule has 0 spiro atoms. The number of carbonyl (C=O) groups excluding carboxylic acids is 1. The summed E-state index contributed by atoms with van der Waals surface area (Å²) in [5, 5.41) is 0. The second-order valence-electron chi connectivity index (χ2n) is 2.30. The number of hydrogen-bond donors (Lipinski definition) is 0. The topological polar surface area (TPSA) is 30.0 Å². The van der Waals surface area contributed by atoms with Gasteiger partial charge in [0, 0.05) is 22.8 Å². The zero-order valence-corrected chi connectivity index (χ0v) is 7.76. The summed E-state index contributed by atoms with van der Waals surface area (Å²) in [6.07, 6.45) is 2.97. The largest absolute Gasteiger partial charge is 0.303 e. The first-order valence-corrected chi connectivity index (χ1v) is 4.08. The van der Waals surface area contributed by atoms with E-state index in [1.165, 1.54) is 0 Å². The Hall–Kier alpha value is -0.700. The Bertz CT molecular complexity index is 273. The van der Waals surface area contributed by atoms with E-state index in [1.54, 1.807) is 6.20 Å². The van der Waals surface area contributed by atoms with Crippen molar-refractivity contribution < 1.29 is 4.79 Å². The van der Waals surface area contributed by atoms with Gasteiger partial charge in [-0.05, 0) is 34.5 Å². The monoisotopic (exact) mass is 213 g/mol. The Kier molecular flexibility index (Phi) is 2.76. The Morgan fingerprint density at radius 3 is 3.00 bits per heavy atom. The molecule has 0 bridgehead atoms. The van der Waals surface area contributed by atoms with E-state index in [0.29, 0.717) is 6.42 Å². The van der Waals surface area contributed by atoms with Gasteiger partial charge in [-0.3, -0.25) is 4.98 Å². The lowest BCUT2D eigenvalue weighted by molar-refractivity contribution is -0.107. The summed E-state index contributed by atoms with van der Waals surface area (Å²) in [6.45, 7) is 1.97. The molecule has 11 heavy (non-hydrogen) atoms. The fourth-order valence-electron chi connectivity index (χ4n) is 0.795. The number of pyridine rings is 1. The van der Waals surface area contributed by atoms with Crippen LogP contribution in [0.4, 0.5) is 0 Å². The molecule has 0 atom stereocenters. The number of hydrogen-bond acceptors (Lipinski definition) is 2. The van der Waals surface area contributed by atoms with Crippen molar-refractivity contribution in [1.82, 2.24) is 4.98 Å². The summed E-state index contributed by atoms with van der Waals surface area (Å²) < 4.78 is 0.979. The lowest BCUT2D eigenvalue weighted by Gasteiger charge is -1.98. The molecule has 1 aromatic rings. The maximum Gasteiger partial charge on any atom is 0.125 e. The zero-order valence-electron chi connectivity index (χ0n) is 6.17. The Morgan fingerprint density at radius 1 is 1.73 bits per heavy atom. The molecule has 2 nitrogen and oxygen atoms in total. The summed E-state index contributed by atoms with van der Waals surface area (Å²) in [4.78, 5) is 14.2. The number of carbonyl (C=O) groups is 1. The number of nitrogens with zero attached hydrogens (tertiary/aromatic N) is 1. The standard InChI is InChI=1S/C8H8BrNO/c1-6-4-7(2-3-11)10-5-8(6)9/h3-5H,2H2,1H3. The quantitative estimate of drug-likeness (QED) is 0.703. The maximum atomic E-state index is 10.1. The van der Waals surface area contributed by atoms with Gasteiger partial charge in [0.2, 0.25) is 0 Å². The first-order chi connectivity index (χ1) is 5.24. The van der Waals surface area contributed by atoms with E-state index < -0.39 is 0 Å². The van der Waals surface area contributed by atoms with Crippen molar-refractivity contribution in [2.75, 3.05) is 0 Å². The van der Waals surface area contributed by atoms with E-state index in [4.69, 9.17) is 0 Å². The fourth-order valence-corrected chi connectivity index (χ4v) is 1.01. The molecule has 0 amide bonds. The predicted molar refractivity (Wildman–Crippen MR) is 46.4 cm³/mol. The molecule has 0 saturated heterocycles. The van der Waals surface area contributed by atoms with Crippen LogP contribution in [0, 0.1) is 6.92 Å². The average molecular weight is 214 g/mol. The highest BCUT2D eigenvalue weighted by molar-refractivity contribution is 9.10. The molecule has 0 unspecified atom stereocenters. The molecule has 0 radical (unpaired) electrons. The summed E-state index contributed by atoms with van der Waals surface area (Å²) >= 11 is 3.33. The fraction of sp³-hybridized carbons (Fsp3) is 0.250. The highest BCUT2D eigenvalue weighted by atomic mass is 79.9. The van der Waals surface area contributed by atoms with E-state index in [-0.39, 0.29) is 0 Å². The van der Waals surface area contributed by atoms with Gasteiger partial charge >= 0.3 is 0 Å². The summed E-state index contributed by atoms with van der Waals surface area (Å²) in [6, 6.07) is 1.90. The molecule has 58 valence electrons. The average Bonchev–Trinajstić information content (AvgIpc) is 1.98. The van der Waals surface area contributed by atoms with Crippen LogP contribution >= 0.6 is 15.9 Å². The molecule has 0 saturated carbocycles. The van der Waals surface area contributed by atoms with Crippen molar-refractivity contribution in [1.29, 1.82) is 0 Å². The molecule has 0 N–H and O–H groups in total. The van der Waals surface area contributed by atoms with Gasteiger partial charge < -0.3 is 4.79 Å². The highest BCUT2D eigenvalue weighted by Gasteiger charge is 1.96. The molecule has 1 heterocycles. The van der Waals surface area contributed by atoms with Crippen molar-refractivity contribution in [2.45, 2.75) is 13.3 Å². The van der Waals surface area contributed by atoms with E-state index >= 15 is 0 Å². The van der Waals surface area contributed by atoms with E-state index in [9.17, 15) is 4.79 Å². The number of halogens is 1. The Labute approximate surface area is 73.8 Å². The van der Waals surface area contributed by atoms with Crippen molar-refractivity contribution in [3.8, 4) is 0 Å². The van der Waals surface area contributed by atoms with E-state index in [2.05, 4.69) is 20.9 Å². The van der Waals surface area contributed by atoms with Gasteiger partial charge in [-0.15, -0.1) is 0 Å². The van der Waals surface area contributed by atoms with Crippen LogP contribution in [0.2, 0.25) is 0 Å². The zero-order chi connectivity index (χ0) is 8.27. The van der Waals surface area contributed by atoms with Gasteiger partial charge in [0.1, 0.15) is 6.29 Å². The van der Waals surface area contributed by atoms with Crippen LogP contribution in [0.3, 0.4) is 0 Å². The van der Waals surface area contributed by atoms with Crippen LogP contribution in [0.25, 0.3) is 0 Å². The van der Waals surface area contributed by atoms with Crippen LogP contribution in [-0.2, 0) is 11.2 Å². The van der Waals surface area contributed by atoms with Crippen LogP contribution < -0.4 is 0 Å². The summed E-state index contributed by atoms with van der Waals surface area (Å²) in [5.74, 6) is 0. The van der Waals surface area contributed by atoms with Crippen LogP contribution in [-0.4, -0.2) is 11.3 Å². The molecule has 3 heteroatoms. The predicted octanol–water partition coefficient (Wildman–Crippen LogP) is 1.89. The molecule has 0 aliphatic heterocycles. The van der Waals surface area contributed by atoms with Gasteiger partial charge in [-0.2, -0.15) is 0 Å². The first-order valence-electron chi connectivity index (χ1n) is 3.28. The van der Waals surface area contributed by atoms with Crippen LogP contribution in [0.5, 0.6) is 0 Å². The molecule has 0 aliphatic carbocycles. The highest BCUT2D eigenvalue weighted by Crippen LogP contribution is 2.14. The number of rotatable bonds is 2. The van der Waals surface area contributed by atoms with Gasteiger partial charge in [0.05, 0.1) is 0 Å². The van der Waals surface area contributed by atoms with Gasteiger partial charge in [0.25, 0.3) is 0 Å². The number of aldehydes is 1. The van der Waals surface area contributed by atoms with Crippen molar-refractivity contribution in [3.05, 3.63) is 28.0 Å². The molecular weight excluding hydrogens is 206 g/mol. The van der Waals surface area contributed by atoms with Crippen LogP contribution in [0.1, 0.15) is 11.3 Å². The smallest absolute Gasteiger partial charge is 0.125 e. The minimum absolute atomic E-state index is 0.397. The third-order valence-electron chi connectivity index (χ3n) is 1.40. The van der Waals surface area contributed by atoms with Crippen LogP contribution in [0.15, 0.2) is 16.7 Å². The minimum atomic E-state index is 0.397. The second kappa shape index (κ2) is 3.62. The number of aryl methyl sites for hydroxylation is 1. The van der Waals surface area contributed by atoms with Crippen molar-refractivity contribution in [2.24, 2.45) is 0 Å². The lowest BCUT2D eigenvalue weighted by atomic mass is 10.2.